The van der Waals surface area contributed by atoms with Gasteiger partial charge in [0.1, 0.15) is 23.2 Å². The van der Waals surface area contributed by atoms with Crippen LogP contribution in [-0.2, 0) is 23.6 Å². The standard InChI is InChI=1S/C32H25F5N2O/c1-32(36,37)23-5-2-4-20(13-23)28-6-3-9-38-31(28)21(10-19-11-25(34)16-26(35)12-19)14-27(40)15-22-18-39-30-8-7-24(33)17-29(22)30/h2-9,11-13,16-18,21,39H,10,14-15H2,1H3/t21-/m1/s1. The van der Waals surface area contributed by atoms with E-state index in [0.29, 0.717) is 38.9 Å². The molecule has 3 aromatic carbocycles. The first-order valence-corrected chi connectivity index (χ1v) is 12.7. The summed E-state index contributed by atoms with van der Waals surface area (Å²) in [6, 6.07) is 16.7. The van der Waals surface area contributed by atoms with E-state index in [9.17, 15) is 26.7 Å². The number of H-pyrrole nitrogens is 1. The van der Waals surface area contributed by atoms with Gasteiger partial charge in [0.05, 0.1) is 5.69 Å². The number of aromatic amines is 1. The van der Waals surface area contributed by atoms with Crippen LogP contribution in [0.2, 0.25) is 0 Å². The number of nitrogens with one attached hydrogen (secondary N) is 1. The van der Waals surface area contributed by atoms with E-state index in [1.54, 1.807) is 30.5 Å². The van der Waals surface area contributed by atoms with Gasteiger partial charge in [-0.1, -0.05) is 24.3 Å². The molecule has 204 valence electrons. The Kier molecular flexibility index (Phi) is 7.52. The molecule has 3 nitrogen and oxygen atoms in total. The molecule has 0 saturated heterocycles. The Morgan fingerprint density at radius 3 is 2.45 bits per heavy atom. The lowest BCUT2D eigenvalue weighted by atomic mass is 9.85. The normalized spacial score (nSPS) is 12.6. The number of alkyl halides is 2. The van der Waals surface area contributed by atoms with E-state index < -0.39 is 29.3 Å². The molecule has 0 amide bonds. The van der Waals surface area contributed by atoms with Crippen molar-refractivity contribution in [1.82, 2.24) is 9.97 Å². The van der Waals surface area contributed by atoms with Gasteiger partial charge in [-0.2, -0.15) is 0 Å². The van der Waals surface area contributed by atoms with Gasteiger partial charge in [-0.15, -0.1) is 0 Å². The summed E-state index contributed by atoms with van der Waals surface area (Å²) in [5.74, 6) is -5.81. The number of fused-ring (bicyclic) bond motifs is 1. The second-order valence-corrected chi connectivity index (χ2v) is 10.0. The van der Waals surface area contributed by atoms with Crippen molar-refractivity contribution in [3.05, 3.63) is 125 Å². The first-order chi connectivity index (χ1) is 19.1. The quantitative estimate of drug-likeness (QED) is 0.188. The summed E-state index contributed by atoms with van der Waals surface area (Å²) in [6.45, 7) is 0.812. The van der Waals surface area contributed by atoms with Gasteiger partial charge < -0.3 is 4.98 Å². The summed E-state index contributed by atoms with van der Waals surface area (Å²) in [6.07, 6.45) is 3.21. The third kappa shape index (κ3) is 6.11. The highest BCUT2D eigenvalue weighted by Gasteiger charge is 2.26. The number of pyridine rings is 1. The lowest BCUT2D eigenvalue weighted by molar-refractivity contribution is -0.118. The van der Waals surface area contributed by atoms with Crippen molar-refractivity contribution < 1.29 is 26.7 Å². The van der Waals surface area contributed by atoms with E-state index >= 15 is 0 Å². The summed E-state index contributed by atoms with van der Waals surface area (Å²) in [4.78, 5) is 20.9. The number of benzene rings is 3. The van der Waals surface area contributed by atoms with Crippen LogP contribution < -0.4 is 0 Å². The Bertz CT molecular complexity index is 1670. The Morgan fingerprint density at radius 2 is 1.70 bits per heavy atom. The molecule has 0 aliphatic heterocycles. The number of hydrogen-bond acceptors (Lipinski definition) is 2. The smallest absolute Gasteiger partial charge is 0.270 e. The molecule has 8 heteroatoms. The zero-order valence-corrected chi connectivity index (χ0v) is 21.5. The number of ketones is 1. The maximum absolute atomic E-state index is 14.1. The molecule has 0 spiro atoms. The van der Waals surface area contributed by atoms with Crippen LogP contribution >= 0.6 is 0 Å². The number of carbonyl (C=O) groups excluding carboxylic acids is 1. The van der Waals surface area contributed by atoms with Crippen molar-refractivity contribution in [1.29, 1.82) is 0 Å². The Hall–Kier alpha value is -4.33. The number of rotatable bonds is 9. The maximum Gasteiger partial charge on any atom is 0.270 e. The molecule has 0 aliphatic rings. The minimum absolute atomic E-state index is 0.00280. The number of halogens is 5. The van der Waals surface area contributed by atoms with Crippen molar-refractivity contribution in [2.75, 3.05) is 0 Å². The Morgan fingerprint density at radius 1 is 0.925 bits per heavy atom. The molecule has 2 heterocycles. The molecular weight excluding hydrogens is 523 g/mol. The van der Waals surface area contributed by atoms with Crippen LogP contribution in [0, 0.1) is 17.5 Å². The zero-order chi connectivity index (χ0) is 28.4. The summed E-state index contributed by atoms with van der Waals surface area (Å²) in [5, 5.41) is 0.591. The van der Waals surface area contributed by atoms with Gasteiger partial charge in [0.2, 0.25) is 0 Å². The van der Waals surface area contributed by atoms with Gasteiger partial charge in [-0.3, -0.25) is 9.78 Å². The summed E-state index contributed by atoms with van der Waals surface area (Å²) >= 11 is 0. The molecule has 1 atom stereocenters. The topological polar surface area (TPSA) is 45.8 Å². The molecule has 0 saturated carbocycles. The van der Waals surface area contributed by atoms with Crippen molar-refractivity contribution >= 4 is 16.7 Å². The molecule has 0 fully saturated rings. The fourth-order valence-corrected chi connectivity index (χ4v) is 5.08. The molecule has 2 aromatic heterocycles. The summed E-state index contributed by atoms with van der Waals surface area (Å²) in [5.41, 5.74) is 2.93. The molecule has 5 aromatic rings. The van der Waals surface area contributed by atoms with E-state index in [4.69, 9.17) is 0 Å². The van der Waals surface area contributed by atoms with E-state index in [-0.39, 0.29) is 30.6 Å². The van der Waals surface area contributed by atoms with Gasteiger partial charge in [-0.25, -0.2) is 22.0 Å². The second-order valence-electron chi connectivity index (χ2n) is 10.0. The van der Waals surface area contributed by atoms with Gasteiger partial charge in [-0.05, 0) is 65.6 Å². The zero-order valence-electron chi connectivity index (χ0n) is 21.5. The van der Waals surface area contributed by atoms with Crippen molar-refractivity contribution in [2.24, 2.45) is 0 Å². The van der Waals surface area contributed by atoms with E-state index in [1.807, 2.05) is 0 Å². The molecule has 0 unspecified atom stereocenters. The molecule has 5 rings (SSSR count). The van der Waals surface area contributed by atoms with Crippen LogP contribution in [0.1, 0.15) is 41.6 Å². The van der Waals surface area contributed by atoms with Crippen LogP contribution in [-0.4, -0.2) is 15.8 Å². The van der Waals surface area contributed by atoms with Crippen LogP contribution in [0.5, 0.6) is 0 Å². The fourth-order valence-electron chi connectivity index (χ4n) is 5.08. The van der Waals surface area contributed by atoms with Crippen LogP contribution in [0.15, 0.2) is 85.2 Å². The monoisotopic (exact) mass is 548 g/mol. The molecule has 0 bridgehead atoms. The van der Waals surface area contributed by atoms with Crippen LogP contribution in [0.3, 0.4) is 0 Å². The average molecular weight is 549 g/mol. The third-order valence-corrected chi connectivity index (χ3v) is 6.90. The highest BCUT2D eigenvalue weighted by Crippen LogP contribution is 2.36. The number of hydrogen-bond donors (Lipinski definition) is 1. The first-order valence-electron chi connectivity index (χ1n) is 12.7. The second kappa shape index (κ2) is 11.0. The van der Waals surface area contributed by atoms with Crippen LogP contribution in [0.4, 0.5) is 22.0 Å². The Balaban J connectivity index is 1.52. The third-order valence-electron chi connectivity index (χ3n) is 6.90. The minimum atomic E-state index is -3.06. The fraction of sp³-hybridized carbons (Fsp3) is 0.188. The highest BCUT2D eigenvalue weighted by molar-refractivity contribution is 5.90. The van der Waals surface area contributed by atoms with Crippen LogP contribution in [0.25, 0.3) is 22.0 Å². The van der Waals surface area contributed by atoms with Gasteiger partial charge in [0.25, 0.3) is 5.92 Å². The first kappa shape index (κ1) is 27.2. The van der Waals surface area contributed by atoms with E-state index in [2.05, 4.69) is 9.97 Å². The number of nitrogens with zero attached hydrogens (tertiary/aromatic N) is 1. The van der Waals surface area contributed by atoms with Gasteiger partial charge >= 0.3 is 0 Å². The summed E-state index contributed by atoms with van der Waals surface area (Å²) in [7, 11) is 0. The summed E-state index contributed by atoms with van der Waals surface area (Å²) < 4.78 is 70.2. The average Bonchev–Trinajstić information content (AvgIpc) is 3.28. The number of Topliss-reactive ketones (excluding diaryl/α,β-unsaturated/α-hetero) is 1. The predicted molar refractivity (Wildman–Crippen MR) is 144 cm³/mol. The lowest BCUT2D eigenvalue weighted by Crippen LogP contribution is -2.14. The number of carbonyl (C=O) groups is 1. The van der Waals surface area contributed by atoms with Gasteiger partial charge in [0.15, 0.2) is 0 Å². The van der Waals surface area contributed by atoms with Crippen molar-refractivity contribution in [3.8, 4) is 11.1 Å². The molecule has 0 aliphatic carbocycles. The molecule has 40 heavy (non-hydrogen) atoms. The lowest BCUT2D eigenvalue weighted by Gasteiger charge is -2.20. The van der Waals surface area contributed by atoms with Gasteiger partial charge in [0, 0.05) is 66.2 Å². The SMILES string of the molecule is CC(F)(F)c1cccc(-c2cccnc2[C@@H](CC(=O)Cc2c[nH]c3ccc(F)cc23)Cc2cc(F)cc(F)c2)c1. The largest absolute Gasteiger partial charge is 0.361 e. The number of aromatic nitrogens is 2. The van der Waals surface area contributed by atoms with Crippen molar-refractivity contribution in [3.63, 3.8) is 0 Å². The van der Waals surface area contributed by atoms with E-state index in [1.165, 1.54) is 48.7 Å². The molecular formula is C32H25F5N2O. The molecule has 0 radical (unpaired) electrons. The molecule has 1 N–H and O–H groups in total. The maximum atomic E-state index is 14.1. The minimum Gasteiger partial charge on any atom is -0.361 e. The van der Waals surface area contributed by atoms with E-state index in [0.717, 1.165) is 13.0 Å². The Labute approximate surface area is 227 Å². The van der Waals surface area contributed by atoms with Crippen molar-refractivity contribution in [2.45, 2.75) is 38.0 Å². The predicted octanol–water partition coefficient (Wildman–Crippen LogP) is 8.29. The highest BCUT2D eigenvalue weighted by atomic mass is 19.3.